The Morgan fingerprint density at radius 1 is 1.38 bits per heavy atom. The van der Waals surface area contributed by atoms with Crippen molar-refractivity contribution in [3.63, 3.8) is 0 Å². The van der Waals surface area contributed by atoms with Crippen molar-refractivity contribution in [3.8, 4) is 0 Å². The molecule has 0 aromatic heterocycles. The molecule has 4 amide bonds. The second-order valence-electron chi connectivity index (χ2n) is 5.32. The van der Waals surface area contributed by atoms with Crippen molar-refractivity contribution in [2.24, 2.45) is 11.1 Å². The van der Waals surface area contributed by atoms with E-state index in [1.54, 1.807) is 6.92 Å². The molecule has 1 aliphatic heterocycles. The van der Waals surface area contributed by atoms with Gasteiger partial charge in [0, 0.05) is 20.1 Å². The summed E-state index contributed by atoms with van der Waals surface area (Å²) in [5.74, 6) is -2.33. The van der Waals surface area contributed by atoms with Gasteiger partial charge in [0.15, 0.2) is 0 Å². The molecule has 9 nitrogen and oxygen atoms in total. The molecular weight excluding hydrogens is 280 g/mol. The molecule has 5 N–H and O–H groups in total. The van der Waals surface area contributed by atoms with E-state index in [0.717, 1.165) is 0 Å². The van der Waals surface area contributed by atoms with Gasteiger partial charge in [-0.3, -0.25) is 9.59 Å². The topological polar surface area (TPSA) is 142 Å². The van der Waals surface area contributed by atoms with Gasteiger partial charge in [0.05, 0.1) is 11.8 Å². The van der Waals surface area contributed by atoms with Crippen molar-refractivity contribution in [1.82, 2.24) is 15.5 Å². The molecule has 1 rings (SSSR count). The Balaban J connectivity index is 2.66. The summed E-state index contributed by atoms with van der Waals surface area (Å²) >= 11 is 0. The maximum atomic E-state index is 12.0. The molecule has 21 heavy (non-hydrogen) atoms. The SMILES string of the molecule is CNC(=O)C1(C)CCN(C(=O)N[C@@H](CC(N)=O)C(=O)O)C1. The number of nitrogens with one attached hydrogen (secondary N) is 2. The van der Waals surface area contributed by atoms with Crippen molar-refractivity contribution >= 4 is 23.8 Å². The van der Waals surface area contributed by atoms with Gasteiger partial charge < -0.3 is 26.4 Å². The number of urea groups is 1. The maximum absolute atomic E-state index is 12.0. The molecule has 2 atom stereocenters. The molecule has 1 heterocycles. The lowest BCUT2D eigenvalue weighted by molar-refractivity contribution is -0.141. The second kappa shape index (κ2) is 6.42. The van der Waals surface area contributed by atoms with Gasteiger partial charge in [0.1, 0.15) is 6.04 Å². The summed E-state index contributed by atoms with van der Waals surface area (Å²) in [7, 11) is 1.52. The van der Waals surface area contributed by atoms with Gasteiger partial charge in [0.25, 0.3) is 0 Å². The van der Waals surface area contributed by atoms with Gasteiger partial charge in [-0.25, -0.2) is 9.59 Å². The first-order chi connectivity index (χ1) is 9.69. The van der Waals surface area contributed by atoms with Crippen molar-refractivity contribution in [2.45, 2.75) is 25.8 Å². The minimum atomic E-state index is -1.37. The molecule has 0 aromatic rings. The van der Waals surface area contributed by atoms with Crippen LogP contribution < -0.4 is 16.4 Å². The number of amides is 4. The standard InChI is InChI=1S/C12H20N4O5/c1-12(10(20)14-2)3-4-16(6-12)11(21)15-7(9(18)19)5-8(13)17/h7H,3-6H2,1-2H3,(H2,13,17)(H,14,20)(H,15,21)(H,18,19)/t7-,12?/m0/s1. The molecule has 0 aliphatic carbocycles. The van der Waals surface area contributed by atoms with Crippen LogP contribution in [0.15, 0.2) is 0 Å². The minimum absolute atomic E-state index is 0.176. The second-order valence-corrected chi connectivity index (χ2v) is 5.32. The predicted molar refractivity (Wildman–Crippen MR) is 72.1 cm³/mol. The third-order valence-electron chi connectivity index (χ3n) is 3.54. The zero-order valence-corrected chi connectivity index (χ0v) is 12.0. The number of nitrogens with zero attached hydrogens (tertiary/aromatic N) is 1. The Labute approximate surface area is 121 Å². The third-order valence-corrected chi connectivity index (χ3v) is 3.54. The van der Waals surface area contributed by atoms with E-state index in [1.807, 2.05) is 0 Å². The number of likely N-dealkylation sites (tertiary alicyclic amines) is 1. The fraction of sp³-hybridized carbons (Fsp3) is 0.667. The maximum Gasteiger partial charge on any atom is 0.326 e. The largest absolute Gasteiger partial charge is 0.480 e. The Bertz CT molecular complexity index is 467. The molecule has 118 valence electrons. The smallest absolute Gasteiger partial charge is 0.326 e. The lowest BCUT2D eigenvalue weighted by Crippen LogP contribution is -2.49. The van der Waals surface area contributed by atoms with Crippen LogP contribution in [0.25, 0.3) is 0 Å². The zero-order valence-electron chi connectivity index (χ0n) is 12.0. The molecule has 0 saturated carbocycles. The number of rotatable bonds is 5. The van der Waals surface area contributed by atoms with Crippen LogP contribution >= 0.6 is 0 Å². The molecule has 0 radical (unpaired) electrons. The van der Waals surface area contributed by atoms with Crippen LogP contribution in [-0.4, -0.2) is 60.0 Å². The van der Waals surface area contributed by atoms with E-state index in [1.165, 1.54) is 11.9 Å². The number of carbonyl (C=O) groups excluding carboxylic acids is 3. The molecule has 1 unspecified atom stereocenters. The van der Waals surface area contributed by atoms with E-state index in [2.05, 4.69) is 10.6 Å². The van der Waals surface area contributed by atoms with Crippen molar-refractivity contribution in [2.75, 3.05) is 20.1 Å². The Hall–Kier alpha value is -2.32. The number of hydrogen-bond donors (Lipinski definition) is 4. The van der Waals surface area contributed by atoms with E-state index in [4.69, 9.17) is 10.8 Å². The third kappa shape index (κ3) is 4.07. The van der Waals surface area contributed by atoms with Gasteiger partial charge >= 0.3 is 12.0 Å². The first-order valence-electron chi connectivity index (χ1n) is 6.48. The van der Waals surface area contributed by atoms with Gasteiger partial charge in [0.2, 0.25) is 11.8 Å². The first kappa shape index (κ1) is 16.7. The highest BCUT2D eigenvalue weighted by Gasteiger charge is 2.42. The number of primary amides is 1. The van der Waals surface area contributed by atoms with Crippen LogP contribution in [0.3, 0.4) is 0 Å². The van der Waals surface area contributed by atoms with Gasteiger partial charge in [-0.05, 0) is 13.3 Å². The van der Waals surface area contributed by atoms with Gasteiger partial charge in [-0.2, -0.15) is 0 Å². The van der Waals surface area contributed by atoms with Crippen molar-refractivity contribution in [1.29, 1.82) is 0 Å². The first-order valence-corrected chi connectivity index (χ1v) is 6.48. The lowest BCUT2D eigenvalue weighted by Gasteiger charge is -2.24. The van der Waals surface area contributed by atoms with Gasteiger partial charge in [-0.1, -0.05) is 0 Å². The van der Waals surface area contributed by atoms with E-state index < -0.39 is 35.8 Å². The number of aliphatic carboxylic acids is 1. The van der Waals surface area contributed by atoms with Gasteiger partial charge in [-0.15, -0.1) is 0 Å². The molecule has 0 spiro atoms. The quantitative estimate of drug-likeness (QED) is 0.488. The van der Waals surface area contributed by atoms with Crippen LogP contribution in [-0.2, 0) is 14.4 Å². The number of carboxylic acids is 1. The highest BCUT2D eigenvalue weighted by molar-refractivity contribution is 5.88. The average Bonchev–Trinajstić information content (AvgIpc) is 2.80. The molecule has 9 heteroatoms. The number of carboxylic acid groups (broad SMARTS) is 1. The Morgan fingerprint density at radius 2 is 2.00 bits per heavy atom. The monoisotopic (exact) mass is 300 g/mol. The van der Waals surface area contributed by atoms with E-state index in [-0.39, 0.29) is 12.5 Å². The Morgan fingerprint density at radius 3 is 2.48 bits per heavy atom. The lowest BCUT2D eigenvalue weighted by atomic mass is 9.89. The fourth-order valence-electron chi connectivity index (χ4n) is 2.26. The summed E-state index contributed by atoms with van der Waals surface area (Å²) in [6.07, 6.45) is -0.00468. The predicted octanol–water partition coefficient (Wildman–Crippen LogP) is -1.52. The molecule has 1 saturated heterocycles. The summed E-state index contributed by atoms with van der Waals surface area (Å²) in [4.78, 5) is 46.9. The molecule has 1 fully saturated rings. The van der Waals surface area contributed by atoms with Crippen LogP contribution in [0.5, 0.6) is 0 Å². The molecule has 1 aliphatic rings. The summed E-state index contributed by atoms with van der Waals surface area (Å²) in [6.45, 7) is 2.25. The molecular formula is C12H20N4O5. The summed E-state index contributed by atoms with van der Waals surface area (Å²) < 4.78 is 0. The zero-order chi connectivity index (χ0) is 16.2. The summed E-state index contributed by atoms with van der Waals surface area (Å²) in [5, 5.41) is 13.7. The fourth-order valence-corrected chi connectivity index (χ4v) is 2.26. The highest BCUT2D eigenvalue weighted by Crippen LogP contribution is 2.29. The van der Waals surface area contributed by atoms with Crippen LogP contribution in [0, 0.1) is 5.41 Å². The number of nitrogens with two attached hydrogens (primary N) is 1. The van der Waals surface area contributed by atoms with Crippen LogP contribution in [0.1, 0.15) is 19.8 Å². The average molecular weight is 300 g/mol. The van der Waals surface area contributed by atoms with Crippen LogP contribution in [0.4, 0.5) is 4.79 Å². The van der Waals surface area contributed by atoms with Crippen molar-refractivity contribution < 1.29 is 24.3 Å². The van der Waals surface area contributed by atoms with E-state index in [9.17, 15) is 19.2 Å². The molecule has 0 bridgehead atoms. The van der Waals surface area contributed by atoms with Crippen molar-refractivity contribution in [3.05, 3.63) is 0 Å². The highest BCUT2D eigenvalue weighted by atomic mass is 16.4. The Kier molecular flexibility index (Phi) is 5.12. The number of carbonyl (C=O) groups is 4. The van der Waals surface area contributed by atoms with E-state index >= 15 is 0 Å². The number of hydrogen-bond acceptors (Lipinski definition) is 4. The molecule has 0 aromatic carbocycles. The normalized spacial score (nSPS) is 22.5. The summed E-state index contributed by atoms with van der Waals surface area (Å²) in [5.41, 5.74) is 4.24. The van der Waals surface area contributed by atoms with Crippen LogP contribution in [0.2, 0.25) is 0 Å². The summed E-state index contributed by atoms with van der Waals surface area (Å²) in [6, 6.07) is -2.00. The van der Waals surface area contributed by atoms with E-state index in [0.29, 0.717) is 13.0 Å². The minimum Gasteiger partial charge on any atom is -0.480 e.